The highest BCUT2D eigenvalue weighted by Crippen LogP contribution is 2.46. The summed E-state index contributed by atoms with van der Waals surface area (Å²) in [7, 11) is -0.746. The van der Waals surface area contributed by atoms with Crippen LogP contribution in [-0.2, 0) is 0 Å². The van der Waals surface area contributed by atoms with Crippen LogP contribution >= 0.6 is 33.2 Å². The number of hydrogen-bond donors (Lipinski definition) is 2. The van der Waals surface area contributed by atoms with Crippen molar-refractivity contribution in [2.24, 2.45) is 0 Å². The Kier molecular flexibility index (Phi) is 4.91. The first kappa shape index (κ1) is 18.8. The van der Waals surface area contributed by atoms with Crippen LogP contribution in [0.2, 0.25) is 0 Å². The number of rotatable bonds is 3. The summed E-state index contributed by atoms with van der Waals surface area (Å²) in [6, 6.07) is 27.8. The maximum absolute atomic E-state index is 6.03. The number of hydrogen-bond acceptors (Lipinski definition) is 3. The van der Waals surface area contributed by atoms with Crippen LogP contribution in [0.15, 0.2) is 109 Å². The van der Waals surface area contributed by atoms with Crippen LogP contribution < -0.4 is 20.7 Å². The summed E-state index contributed by atoms with van der Waals surface area (Å²) in [5.74, 6) is 0.879. The summed E-state index contributed by atoms with van der Waals surface area (Å²) in [5.41, 5.74) is 3.33. The lowest BCUT2D eigenvalue weighted by Crippen LogP contribution is -2.25. The molecule has 3 aromatic rings. The predicted octanol–water partition coefficient (Wildman–Crippen LogP) is 5.23. The number of thiol groups is 2. The Morgan fingerprint density at radius 3 is 2.07 bits per heavy atom. The van der Waals surface area contributed by atoms with Gasteiger partial charge in [0.05, 0.1) is 10.3 Å². The predicted molar refractivity (Wildman–Crippen MR) is 132 cm³/mol. The van der Waals surface area contributed by atoms with Crippen molar-refractivity contribution in [3.05, 3.63) is 114 Å². The Morgan fingerprint density at radius 2 is 1.41 bits per heavy atom. The minimum absolute atomic E-state index is 0.587. The van der Waals surface area contributed by atoms with Crippen LogP contribution in [-0.4, -0.2) is 4.08 Å². The van der Waals surface area contributed by atoms with Gasteiger partial charge < -0.3 is 4.74 Å². The molecule has 0 N–H and O–H groups in total. The second kappa shape index (κ2) is 7.57. The zero-order chi connectivity index (χ0) is 19.8. The van der Waals surface area contributed by atoms with Crippen LogP contribution in [0.4, 0.5) is 0 Å². The third kappa shape index (κ3) is 3.59. The van der Waals surface area contributed by atoms with E-state index in [1.165, 1.54) is 15.9 Å². The normalized spacial score (nSPS) is 16.4. The van der Waals surface area contributed by atoms with Gasteiger partial charge in [-0.15, -0.1) is 0 Å². The van der Waals surface area contributed by atoms with Gasteiger partial charge in [0.1, 0.15) is 5.75 Å². The fourth-order valence-corrected chi connectivity index (χ4v) is 6.64. The minimum atomic E-state index is -0.746. The molecule has 0 amide bonds. The molecular weight excluding hydrogens is 411 g/mol. The second-order valence-electron chi connectivity index (χ2n) is 7.02. The zero-order valence-electron chi connectivity index (χ0n) is 15.6. The Bertz CT molecular complexity index is 1110. The fourth-order valence-electron chi connectivity index (χ4n) is 3.75. The molecule has 5 rings (SSSR count). The first-order valence-corrected chi connectivity index (χ1v) is 11.6. The van der Waals surface area contributed by atoms with Gasteiger partial charge in [0.15, 0.2) is 0 Å². The first-order valence-electron chi connectivity index (χ1n) is 9.40. The highest BCUT2D eigenvalue weighted by atomic mass is 32.2. The molecule has 29 heavy (non-hydrogen) atoms. The molecule has 0 atom stereocenters. The van der Waals surface area contributed by atoms with E-state index in [1.54, 1.807) is 0 Å². The van der Waals surface area contributed by atoms with Crippen molar-refractivity contribution in [2.45, 2.75) is 4.08 Å². The molecule has 1 aliphatic carbocycles. The Balaban J connectivity index is 1.76. The van der Waals surface area contributed by atoms with Gasteiger partial charge in [-0.2, -0.15) is 25.3 Å². The topological polar surface area (TPSA) is 9.23 Å². The van der Waals surface area contributed by atoms with Crippen LogP contribution in [0, 0.1) is 0 Å². The molecule has 1 heterocycles. The van der Waals surface area contributed by atoms with E-state index in [0.717, 1.165) is 22.5 Å². The van der Waals surface area contributed by atoms with Gasteiger partial charge >= 0.3 is 0 Å². The lowest BCUT2D eigenvalue weighted by atomic mass is 9.91. The van der Waals surface area contributed by atoms with Gasteiger partial charge in [-0.1, -0.05) is 84.9 Å². The van der Waals surface area contributed by atoms with E-state index < -0.39 is 12.0 Å². The highest BCUT2D eigenvalue weighted by Gasteiger charge is 2.30. The molecular formula is C25H19OPS2. The van der Waals surface area contributed by atoms with Gasteiger partial charge in [-0.05, 0) is 41.6 Å². The average molecular weight is 431 g/mol. The molecule has 0 bridgehead atoms. The Hall–Kier alpha value is -2.19. The Labute approximate surface area is 183 Å². The van der Waals surface area contributed by atoms with Crippen LogP contribution in [0.5, 0.6) is 5.75 Å². The van der Waals surface area contributed by atoms with E-state index in [0.29, 0.717) is 0 Å². The van der Waals surface area contributed by atoms with E-state index in [4.69, 9.17) is 30.0 Å². The van der Waals surface area contributed by atoms with Gasteiger partial charge in [0.2, 0.25) is 0 Å². The summed E-state index contributed by atoms with van der Waals surface area (Å²) in [4.78, 5) is 0. The molecule has 0 spiro atoms. The largest absolute Gasteiger partial charge is 0.464 e. The highest BCUT2D eigenvalue weighted by molar-refractivity contribution is 8.01. The molecule has 0 radical (unpaired) electrons. The molecule has 4 heteroatoms. The zero-order valence-corrected chi connectivity index (χ0v) is 18.2. The van der Waals surface area contributed by atoms with Crippen LogP contribution in [0.25, 0.3) is 5.57 Å². The van der Waals surface area contributed by atoms with Crippen LogP contribution in [0.1, 0.15) is 5.56 Å². The van der Waals surface area contributed by atoms with E-state index in [9.17, 15) is 0 Å². The van der Waals surface area contributed by atoms with Crippen molar-refractivity contribution in [1.82, 2.24) is 0 Å². The van der Waals surface area contributed by atoms with E-state index in [1.807, 2.05) is 24.5 Å². The maximum Gasteiger partial charge on any atom is 0.135 e. The molecule has 3 aromatic carbocycles. The van der Waals surface area contributed by atoms with Gasteiger partial charge in [0.25, 0.3) is 0 Å². The maximum atomic E-state index is 6.03. The van der Waals surface area contributed by atoms with Crippen molar-refractivity contribution in [1.29, 1.82) is 0 Å². The summed E-state index contributed by atoms with van der Waals surface area (Å²) < 4.78 is 5.44. The lowest BCUT2D eigenvalue weighted by molar-refractivity contribution is 0.473. The number of ether oxygens (including phenoxy) is 1. The Morgan fingerprint density at radius 1 is 0.759 bits per heavy atom. The second-order valence-corrected chi connectivity index (χ2v) is 11.0. The SMILES string of the molecule is SC1(S)C=CC2=COc3cccc(P(c4ccccc4)c4ccccc4)c3C2=C1. The van der Waals surface area contributed by atoms with Crippen molar-refractivity contribution in [2.75, 3.05) is 0 Å². The number of benzene rings is 3. The summed E-state index contributed by atoms with van der Waals surface area (Å²) >= 11 is 9.38. The van der Waals surface area contributed by atoms with Crippen molar-refractivity contribution >= 4 is 54.7 Å². The van der Waals surface area contributed by atoms with Gasteiger partial charge in [-0.3, -0.25) is 0 Å². The molecule has 1 aliphatic heterocycles. The number of allylic oxidation sites excluding steroid dienone is 3. The monoisotopic (exact) mass is 430 g/mol. The standard InChI is InChI=1S/C25H19OPS2/c28-25(29)15-14-18-17-26-22-12-7-13-23(24(22)21(18)16-25)27(19-8-3-1-4-9-19)20-10-5-2-6-11-20/h1-17,28-29H. The lowest BCUT2D eigenvalue weighted by Gasteiger charge is -2.30. The van der Waals surface area contributed by atoms with Crippen molar-refractivity contribution < 1.29 is 4.74 Å². The van der Waals surface area contributed by atoms with Crippen molar-refractivity contribution in [3.63, 3.8) is 0 Å². The van der Waals surface area contributed by atoms with Crippen molar-refractivity contribution in [3.8, 4) is 5.75 Å². The third-order valence-corrected chi connectivity index (χ3v) is 8.07. The van der Waals surface area contributed by atoms with E-state index in [2.05, 4.69) is 78.9 Å². The molecule has 0 unspecified atom stereocenters. The molecule has 2 aliphatic rings. The molecule has 1 nitrogen and oxygen atoms in total. The summed E-state index contributed by atoms with van der Waals surface area (Å²) in [6.45, 7) is 0. The molecule has 0 saturated heterocycles. The minimum Gasteiger partial charge on any atom is -0.464 e. The average Bonchev–Trinajstić information content (AvgIpc) is 2.75. The third-order valence-electron chi connectivity index (χ3n) is 5.03. The summed E-state index contributed by atoms with van der Waals surface area (Å²) in [6.07, 6.45) is 7.95. The van der Waals surface area contributed by atoms with Gasteiger partial charge in [-0.25, -0.2) is 0 Å². The van der Waals surface area contributed by atoms with Crippen LogP contribution in [0.3, 0.4) is 0 Å². The fraction of sp³-hybridized carbons (Fsp3) is 0.0400. The molecule has 0 aromatic heterocycles. The van der Waals surface area contributed by atoms with Gasteiger partial charge in [0, 0.05) is 11.1 Å². The smallest absolute Gasteiger partial charge is 0.135 e. The first-order chi connectivity index (χ1) is 14.1. The summed E-state index contributed by atoms with van der Waals surface area (Å²) in [5, 5.41) is 3.90. The molecule has 142 valence electrons. The molecule has 0 saturated carbocycles. The molecule has 0 fully saturated rings. The van der Waals surface area contributed by atoms with E-state index in [-0.39, 0.29) is 0 Å². The quantitative estimate of drug-likeness (QED) is 0.329. The van der Waals surface area contributed by atoms with E-state index >= 15 is 0 Å². The number of fused-ring (bicyclic) bond motifs is 3.